The summed E-state index contributed by atoms with van der Waals surface area (Å²) in [5.74, 6) is 0.684. The Balaban J connectivity index is 1.87. The molecule has 36 heavy (non-hydrogen) atoms. The summed E-state index contributed by atoms with van der Waals surface area (Å²) < 4.78 is 24.9. The number of ether oxygens (including phenoxy) is 2. The number of esters is 1. The Hall–Kier alpha value is -3.59. The minimum absolute atomic E-state index is 0.0757. The first-order valence-electron chi connectivity index (χ1n) is 11.3. The first-order valence-corrected chi connectivity index (χ1v) is 12.2. The molecule has 2 aliphatic heterocycles. The van der Waals surface area contributed by atoms with E-state index >= 15 is 0 Å². The van der Waals surface area contributed by atoms with Gasteiger partial charge in [0.2, 0.25) is 0 Å². The van der Waals surface area contributed by atoms with Crippen molar-refractivity contribution in [1.29, 1.82) is 0 Å². The molecule has 3 heterocycles. The van der Waals surface area contributed by atoms with Crippen molar-refractivity contribution in [2.24, 2.45) is 4.99 Å². The Morgan fingerprint density at radius 3 is 2.92 bits per heavy atom. The molecule has 2 N–H and O–H groups in total. The van der Waals surface area contributed by atoms with Gasteiger partial charge < -0.3 is 19.9 Å². The maximum Gasteiger partial charge on any atom is 0.338 e. The Bertz CT molecular complexity index is 1250. The number of terminal acetylenes is 1. The predicted octanol–water partition coefficient (Wildman–Crippen LogP) is 2.35. The molecule has 1 aromatic heterocycles. The highest BCUT2D eigenvalue weighted by Crippen LogP contribution is 2.35. The van der Waals surface area contributed by atoms with Crippen molar-refractivity contribution in [1.82, 2.24) is 15.2 Å². The Kier molecular flexibility index (Phi) is 7.79. The van der Waals surface area contributed by atoms with E-state index in [1.54, 1.807) is 30.3 Å². The summed E-state index contributed by atoms with van der Waals surface area (Å²) >= 11 is 1.34. The fourth-order valence-corrected chi connectivity index (χ4v) is 4.94. The van der Waals surface area contributed by atoms with Gasteiger partial charge in [0.1, 0.15) is 17.9 Å². The van der Waals surface area contributed by atoms with Crippen molar-refractivity contribution in [3.8, 4) is 12.3 Å². The van der Waals surface area contributed by atoms with Crippen molar-refractivity contribution < 1.29 is 28.6 Å². The van der Waals surface area contributed by atoms with E-state index in [0.29, 0.717) is 35.3 Å². The zero-order valence-corrected chi connectivity index (χ0v) is 20.5. The smallest absolute Gasteiger partial charge is 0.338 e. The number of benzene rings is 1. The number of halogens is 1. The molecule has 9 nitrogen and oxygen atoms in total. The van der Waals surface area contributed by atoms with E-state index in [-0.39, 0.29) is 24.3 Å². The van der Waals surface area contributed by atoms with Crippen molar-refractivity contribution in [3.05, 3.63) is 63.0 Å². The summed E-state index contributed by atoms with van der Waals surface area (Å²) in [5.41, 5.74) is 1.27. The van der Waals surface area contributed by atoms with E-state index in [2.05, 4.69) is 16.2 Å². The van der Waals surface area contributed by atoms with Crippen LogP contribution in [0.5, 0.6) is 0 Å². The van der Waals surface area contributed by atoms with Gasteiger partial charge in [-0.3, -0.25) is 14.7 Å². The van der Waals surface area contributed by atoms with Crippen LogP contribution in [-0.4, -0.2) is 71.2 Å². The first-order chi connectivity index (χ1) is 17.3. The summed E-state index contributed by atoms with van der Waals surface area (Å²) in [4.78, 5) is 36.1. The van der Waals surface area contributed by atoms with E-state index < -0.39 is 35.9 Å². The van der Waals surface area contributed by atoms with Gasteiger partial charge in [-0.25, -0.2) is 14.2 Å². The van der Waals surface area contributed by atoms with Crippen molar-refractivity contribution in [2.45, 2.75) is 32.0 Å². The zero-order valence-electron chi connectivity index (χ0n) is 19.7. The summed E-state index contributed by atoms with van der Waals surface area (Å²) in [6, 6.07) is 2.11. The molecule has 188 valence electrons. The number of nitrogens with one attached hydrogen (secondary N) is 1. The van der Waals surface area contributed by atoms with Crippen LogP contribution in [0.2, 0.25) is 0 Å². The van der Waals surface area contributed by atoms with Gasteiger partial charge in [-0.1, -0.05) is 12.0 Å². The van der Waals surface area contributed by atoms with Gasteiger partial charge in [-0.05, 0) is 31.5 Å². The third-order valence-electron chi connectivity index (χ3n) is 5.93. The number of morpholine rings is 1. The standard InChI is InChI=1S/C25H25FN4O5S/c1-4-15-12-16(26)6-7-17(15)20-19(25(33)34-5-2)18(28-22(29-20)23-27-8-11-36-23)13-30-9-10-35-14(3)21(30)24(31)32/h1,6-8,11-12,14,20-21H,5,9-10,13H2,2-3H3,(H,28,29)(H,31,32)/t14-,20+,21+/m1/s1. The van der Waals surface area contributed by atoms with E-state index in [1.807, 2.05) is 0 Å². The molecule has 2 aromatic rings. The largest absolute Gasteiger partial charge is 0.480 e. The number of carbonyl (C=O) groups excluding carboxylic acids is 1. The molecule has 0 amide bonds. The molecule has 11 heteroatoms. The highest BCUT2D eigenvalue weighted by atomic mass is 32.1. The number of thiazole rings is 1. The van der Waals surface area contributed by atoms with Crippen LogP contribution in [0.25, 0.3) is 0 Å². The zero-order chi connectivity index (χ0) is 25.8. The van der Waals surface area contributed by atoms with E-state index in [4.69, 9.17) is 20.9 Å². The fourth-order valence-electron chi connectivity index (χ4n) is 4.36. The maximum atomic E-state index is 14.0. The Morgan fingerprint density at radius 1 is 1.44 bits per heavy atom. The van der Waals surface area contributed by atoms with Gasteiger partial charge in [-0.15, -0.1) is 17.8 Å². The molecule has 4 rings (SSSR count). The minimum Gasteiger partial charge on any atom is -0.480 e. The predicted molar refractivity (Wildman–Crippen MR) is 131 cm³/mol. The van der Waals surface area contributed by atoms with Gasteiger partial charge in [0.25, 0.3) is 0 Å². The van der Waals surface area contributed by atoms with Crippen molar-refractivity contribution >= 4 is 29.1 Å². The van der Waals surface area contributed by atoms with E-state index in [1.165, 1.54) is 29.5 Å². The first kappa shape index (κ1) is 25.5. The number of aliphatic carboxylic acids is 1. The second kappa shape index (κ2) is 11.0. The summed E-state index contributed by atoms with van der Waals surface area (Å²) in [7, 11) is 0. The van der Waals surface area contributed by atoms with Gasteiger partial charge in [0.05, 0.1) is 24.9 Å². The highest BCUT2D eigenvalue weighted by Gasteiger charge is 2.39. The van der Waals surface area contributed by atoms with E-state index in [0.717, 1.165) is 0 Å². The topological polar surface area (TPSA) is 113 Å². The van der Waals surface area contributed by atoms with Gasteiger partial charge in [-0.2, -0.15) is 0 Å². The molecule has 0 bridgehead atoms. The molecule has 0 radical (unpaired) electrons. The van der Waals surface area contributed by atoms with Crippen LogP contribution in [0, 0.1) is 18.2 Å². The number of carbonyl (C=O) groups is 2. The average Bonchev–Trinajstić information content (AvgIpc) is 3.38. The second-order valence-electron chi connectivity index (χ2n) is 8.16. The second-order valence-corrected chi connectivity index (χ2v) is 9.06. The van der Waals surface area contributed by atoms with Gasteiger partial charge >= 0.3 is 11.9 Å². The number of aliphatic imine (C=N–C) groups is 1. The maximum absolute atomic E-state index is 14.0. The molecule has 3 atom stereocenters. The monoisotopic (exact) mass is 512 g/mol. The summed E-state index contributed by atoms with van der Waals surface area (Å²) in [6.07, 6.45) is 6.74. The highest BCUT2D eigenvalue weighted by molar-refractivity contribution is 7.11. The lowest BCUT2D eigenvalue weighted by atomic mass is 9.91. The average molecular weight is 513 g/mol. The van der Waals surface area contributed by atoms with Crippen LogP contribution in [0.15, 0.2) is 46.0 Å². The molecule has 0 aliphatic carbocycles. The lowest BCUT2D eigenvalue weighted by Gasteiger charge is -2.38. The molecule has 0 spiro atoms. The number of nitrogens with zero attached hydrogens (tertiary/aromatic N) is 3. The fraction of sp³-hybridized carbons (Fsp3) is 0.360. The minimum atomic E-state index is -1.03. The van der Waals surface area contributed by atoms with Gasteiger partial charge in [0.15, 0.2) is 10.8 Å². The Morgan fingerprint density at radius 2 is 2.25 bits per heavy atom. The lowest BCUT2D eigenvalue weighted by molar-refractivity contribution is -0.155. The van der Waals surface area contributed by atoms with Crippen LogP contribution >= 0.6 is 11.3 Å². The summed E-state index contributed by atoms with van der Waals surface area (Å²) in [5, 5.41) is 15.4. The molecule has 1 aromatic carbocycles. The summed E-state index contributed by atoms with van der Waals surface area (Å²) in [6.45, 7) is 4.24. The van der Waals surface area contributed by atoms with E-state index in [9.17, 15) is 19.1 Å². The normalized spacial score (nSPS) is 22.4. The van der Waals surface area contributed by atoms with Crippen LogP contribution in [-0.2, 0) is 19.1 Å². The third-order valence-corrected chi connectivity index (χ3v) is 6.71. The molecule has 0 unspecified atom stereocenters. The Labute approximate surface area is 211 Å². The van der Waals surface area contributed by atoms with Crippen LogP contribution < -0.4 is 5.32 Å². The van der Waals surface area contributed by atoms with Crippen molar-refractivity contribution in [2.75, 3.05) is 26.3 Å². The van der Waals surface area contributed by atoms with Crippen LogP contribution in [0.1, 0.15) is 36.0 Å². The van der Waals surface area contributed by atoms with Crippen LogP contribution in [0.4, 0.5) is 4.39 Å². The van der Waals surface area contributed by atoms with Crippen molar-refractivity contribution in [3.63, 3.8) is 0 Å². The molecule has 1 fully saturated rings. The SMILES string of the molecule is C#Cc1cc(F)ccc1[C@@H]1N=C(c2nccs2)NC(CN2CCO[C@H](C)[C@H]2C(=O)O)=C1C(=O)OCC. The number of amidine groups is 1. The molecule has 2 aliphatic rings. The number of hydrogen-bond donors (Lipinski definition) is 2. The number of aromatic nitrogens is 1. The molecular weight excluding hydrogens is 487 g/mol. The van der Waals surface area contributed by atoms with Gasteiger partial charge in [0, 0.05) is 35.9 Å². The number of carboxylic acid groups (broad SMARTS) is 1. The number of hydrogen-bond acceptors (Lipinski definition) is 9. The molecule has 1 saturated heterocycles. The lowest BCUT2D eigenvalue weighted by Crippen LogP contribution is -2.56. The third kappa shape index (κ3) is 5.16. The molecular formula is C25H25FN4O5S. The number of rotatable bonds is 7. The quantitative estimate of drug-likeness (QED) is 0.430. The number of carboxylic acids is 1. The van der Waals surface area contributed by atoms with Crippen LogP contribution in [0.3, 0.4) is 0 Å². The molecule has 0 saturated carbocycles.